The fourth-order valence-corrected chi connectivity index (χ4v) is 4.23. The number of benzene rings is 4. The van der Waals surface area contributed by atoms with Crippen LogP contribution in [0.2, 0.25) is 10.0 Å². The van der Waals surface area contributed by atoms with E-state index in [9.17, 15) is 14.4 Å². The summed E-state index contributed by atoms with van der Waals surface area (Å²) in [6.07, 6.45) is 6.11. The molecule has 2 N–H and O–H groups in total. The molecule has 0 unspecified atom stereocenters. The summed E-state index contributed by atoms with van der Waals surface area (Å²) in [6.45, 7) is -0.454. The molecule has 0 fully saturated rings. The van der Waals surface area contributed by atoms with Gasteiger partial charge in [-0.2, -0.15) is 0 Å². The Morgan fingerprint density at radius 3 is 1.35 bits per heavy atom. The number of carbonyl (C=O) groups excluding carboxylic acids is 3. The van der Waals surface area contributed by atoms with Crippen molar-refractivity contribution in [2.24, 2.45) is 0 Å². The van der Waals surface area contributed by atoms with Gasteiger partial charge in [-0.1, -0.05) is 47.5 Å². The lowest BCUT2D eigenvalue weighted by Crippen LogP contribution is -2.20. The number of nitrogens with one attached hydrogen (secondary N) is 2. The minimum atomic E-state index is -0.344. The number of ketones is 1. The van der Waals surface area contributed by atoms with Crippen LogP contribution in [0.4, 0.5) is 11.4 Å². The van der Waals surface area contributed by atoms with E-state index in [1.807, 2.05) is 0 Å². The molecule has 236 valence electrons. The number of rotatable bonds is 14. The number of carbonyl (C=O) groups is 3. The summed E-state index contributed by atoms with van der Waals surface area (Å²) in [4.78, 5) is 37.0. The Morgan fingerprint density at radius 1 is 0.587 bits per heavy atom. The highest BCUT2D eigenvalue weighted by Gasteiger charge is 2.10. The second-order valence-electron chi connectivity index (χ2n) is 9.58. The fourth-order valence-electron chi connectivity index (χ4n) is 3.97. The number of hydrogen-bond donors (Lipinski definition) is 2. The summed E-state index contributed by atoms with van der Waals surface area (Å²) >= 11 is 11.7. The Morgan fingerprint density at radius 2 is 0.978 bits per heavy atom. The molecule has 0 atom stereocenters. The Bertz CT molecular complexity index is 1610. The van der Waals surface area contributed by atoms with Gasteiger partial charge in [0.05, 0.1) is 14.2 Å². The van der Waals surface area contributed by atoms with Gasteiger partial charge in [-0.3, -0.25) is 14.4 Å². The summed E-state index contributed by atoms with van der Waals surface area (Å²) in [5.41, 5.74) is 2.59. The Balaban J connectivity index is 1.29. The molecule has 0 aliphatic rings. The molecule has 2 amide bonds. The summed E-state index contributed by atoms with van der Waals surface area (Å²) < 4.78 is 22.1. The number of halogens is 2. The standard InChI is InChI=1S/C35H30Cl2N2O7/c1-43-32-19-23(5-17-30(32)45-21-34(41)38-27-11-7-25(36)8-12-27)3-15-29(40)16-4-24-6-18-31(33(20-24)44-2)46-22-35(42)39-28-13-9-26(37)10-14-28/h3-20H,21-22H2,1-2H3,(H,38,41)(H,39,42)/b15-3+,16-4+. The molecule has 46 heavy (non-hydrogen) atoms. The van der Waals surface area contributed by atoms with Gasteiger partial charge in [-0.15, -0.1) is 0 Å². The first-order chi connectivity index (χ1) is 22.2. The highest BCUT2D eigenvalue weighted by Crippen LogP contribution is 2.30. The van der Waals surface area contributed by atoms with Crippen LogP contribution in [0.15, 0.2) is 97.1 Å². The first-order valence-electron chi connectivity index (χ1n) is 13.8. The quantitative estimate of drug-likeness (QED) is 0.136. The molecule has 0 saturated carbocycles. The lowest BCUT2D eigenvalue weighted by molar-refractivity contribution is -0.118. The first-order valence-corrected chi connectivity index (χ1v) is 14.6. The fraction of sp³-hybridized carbons (Fsp3) is 0.114. The molecule has 0 spiro atoms. The average Bonchev–Trinajstić information content (AvgIpc) is 3.06. The number of anilines is 2. The van der Waals surface area contributed by atoms with Crippen molar-refractivity contribution in [1.82, 2.24) is 0 Å². The van der Waals surface area contributed by atoms with E-state index in [2.05, 4.69) is 10.6 Å². The van der Waals surface area contributed by atoms with Crippen LogP contribution in [0.3, 0.4) is 0 Å². The van der Waals surface area contributed by atoms with E-state index in [4.69, 9.17) is 42.1 Å². The maximum Gasteiger partial charge on any atom is 0.262 e. The summed E-state index contributed by atoms with van der Waals surface area (Å²) in [5, 5.41) is 6.58. The monoisotopic (exact) mass is 660 g/mol. The summed E-state index contributed by atoms with van der Waals surface area (Å²) in [7, 11) is 2.97. The van der Waals surface area contributed by atoms with Gasteiger partial charge >= 0.3 is 0 Å². The molecule has 0 saturated heterocycles. The normalized spacial score (nSPS) is 10.9. The predicted molar refractivity (Wildman–Crippen MR) is 180 cm³/mol. The summed E-state index contributed by atoms with van der Waals surface area (Å²) in [6, 6.07) is 23.6. The van der Waals surface area contributed by atoms with Gasteiger partial charge in [0, 0.05) is 21.4 Å². The zero-order chi connectivity index (χ0) is 32.9. The van der Waals surface area contributed by atoms with E-state index < -0.39 is 0 Å². The first kappa shape index (κ1) is 33.6. The van der Waals surface area contributed by atoms with Crippen molar-refractivity contribution in [1.29, 1.82) is 0 Å². The van der Waals surface area contributed by atoms with Gasteiger partial charge in [-0.25, -0.2) is 0 Å². The van der Waals surface area contributed by atoms with Crippen molar-refractivity contribution in [2.45, 2.75) is 0 Å². The lowest BCUT2D eigenvalue weighted by atomic mass is 10.1. The maximum atomic E-state index is 12.5. The van der Waals surface area contributed by atoms with E-state index in [0.717, 1.165) is 0 Å². The number of amides is 2. The van der Waals surface area contributed by atoms with Gasteiger partial charge in [0.25, 0.3) is 11.8 Å². The van der Waals surface area contributed by atoms with Crippen LogP contribution in [-0.4, -0.2) is 45.0 Å². The number of allylic oxidation sites excluding steroid dienone is 2. The van der Waals surface area contributed by atoms with Crippen LogP contribution < -0.4 is 29.6 Å². The van der Waals surface area contributed by atoms with E-state index >= 15 is 0 Å². The van der Waals surface area contributed by atoms with Crippen molar-refractivity contribution < 1.29 is 33.3 Å². The van der Waals surface area contributed by atoms with Crippen LogP contribution >= 0.6 is 23.2 Å². The van der Waals surface area contributed by atoms with E-state index in [0.29, 0.717) is 55.5 Å². The zero-order valence-corrected chi connectivity index (χ0v) is 26.4. The average molecular weight is 662 g/mol. The number of hydrogen-bond acceptors (Lipinski definition) is 7. The van der Waals surface area contributed by atoms with Crippen molar-refractivity contribution in [3.05, 3.63) is 118 Å². The van der Waals surface area contributed by atoms with Crippen LogP contribution in [-0.2, 0) is 14.4 Å². The molecule has 4 aromatic carbocycles. The second kappa shape index (κ2) is 16.7. The summed E-state index contributed by atoms with van der Waals surface area (Å²) in [5.74, 6) is 0.617. The Labute approximate surface area is 276 Å². The lowest BCUT2D eigenvalue weighted by Gasteiger charge is -2.11. The van der Waals surface area contributed by atoms with Gasteiger partial charge < -0.3 is 29.6 Å². The van der Waals surface area contributed by atoms with Crippen molar-refractivity contribution in [3.8, 4) is 23.0 Å². The molecule has 0 aliphatic heterocycles. The highest BCUT2D eigenvalue weighted by molar-refractivity contribution is 6.31. The third-order valence-corrected chi connectivity index (χ3v) is 6.73. The third-order valence-electron chi connectivity index (χ3n) is 6.23. The SMILES string of the molecule is COc1cc(/C=C/C(=O)/C=C/c2ccc(OCC(=O)Nc3ccc(Cl)cc3)c(OC)c2)ccc1OCC(=O)Nc1ccc(Cl)cc1. The van der Waals surface area contributed by atoms with Crippen molar-refractivity contribution in [3.63, 3.8) is 0 Å². The van der Waals surface area contributed by atoms with E-state index in [1.165, 1.54) is 26.4 Å². The zero-order valence-electron chi connectivity index (χ0n) is 24.9. The van der Waals surface area contributed by atoms with Crippen molar-refractivity contribution in [2.75, 3.05) is 38.1 Å². The minimum absolute atomic E-state index is 0.227. The number of ether oxygens (including phenoxy) is 4. The van der Waals surface area contributed by atoms with Crippen LogP contribution in [0.25, 0.3) is 12.2 Å². The van der Waals surface area contributed by atoms with Crippen LogP contribution in [0.1, 0.15) is 11.1 Å². The van der Waals surface area contributed by atoms with E-state index in [-0.39, 0.29) is 30.8 Å². The van der Waals surface area contributed by atoms with Crippen molar-refractivity contribution >= 4 is 64.3 Å². The number of methoxy groups -OCH3 is 2. The van der Waals surface area contributed by atoms with Crippen LogP contribution in [0, 0.1) is 0 Å². The third kappa shape index (κ3) is 10.4. The Kier molecular flexibility index (Phi) is 12.2. The minimum Gasteiger partial charge on any atom is -0.493 e. The molecule has 0 aromatic heterocycles. The second-order valence-corrected chi connectivity index (χ2v) is 10.4. The van der Waals surface area contributed by atoms with Gasteiger partial charge in [0.1, 0.15) is 0 Å². The van der Waals surface area contributed by atoms with Gasteiger partial charge in [0.15, 0.2) is 42.0 Å². The largest absolute Gasteiger partial charge is 0.493 e. The Hall–Kier alpha value is -5.25. The molecule has 0 radical (unpaired) electrons. The molecule has 0 heterocycles. The molecular weight excluding hydrogens is 631 g/mol. The maximum absolute atomic E-state index is 12.5. The molecule has 0 bridgehead atoms. The molecule has 4 aromatic rings. The van der Waals surface area contributed by atoms with E-state index in [1.54, 1.807) is 97.1 Å². The van der Waals surface area contributed by atoms with Gasteiger partial charge in [-0.05, 0) is 96.1 Å². The van der Waals surface area contributed by atoms with Crippen LogP contribution in [0.5, 0.6) is 23.0 Å². The molecule has 4 rings (SSSR count). The molecular formula is C35H30Cl2N2O7. The smallest absolute Gasteiger partial charge is 0.262 e. The van der Waals surface area contributed by atoms with Gasteiger partial charge in [0.2, 0.25) is 0 Å². The predicted octanol–water partition coefficient (Wildman–Crippen LogP) is 7.34. The molecule has 9 nitrogen and oxygen atoms in total. The molecule has 0 aliphatic carbocycles. The topological polar surface area (TPSA) is 112 Å². The molecule has 11 heteroatoms. The highest BCUT2D eigenvalue weighted by atomic mass is 35.5.